The monoisotopic (exact) mass is 262 g/mol. The summed E-state index contributed by atoms with van der Waals surface area (Å²) >= 11 is 5.76. The van der Waals surface area contributed by atoms with E-state index in [1.807, 2.05) is 12.1 Å². The third kappa shape index (κ3) is 2.99. The summed E-state index contributed by atoms with van der Waals surface area (Å²) in [5.74, 6) is -0.396. The lowest BCUT2D eigenvalue weighted by Gasteiger charge is -2.04. The molecule has 1 aromatic carbocycles. The number of rotatable bonds is 3. The minimum absolute atomic E-state index is 0.103. The SMILES string of the molecule is O=C(NCc1ccc(Cl)cc1)c1c[nH]ccc1=O. The van der Waals surface area contributed by atoms with Crippen LogP contribution in [0.2, 0.25) is 5.02 Å². The number of hydrogen-bond donors (Lipinski definition) is 2. The summed E-state index contributed by atoms with van der Waals surface area (Å²) in [5.41, 5.74) is 0.717. The largest absolute Gasteiger partial charge is 0.367 e. The second-order valence-electron chi connectivity index (χ2n) is 3.73. The molecule has 0 fully saturated rings. The fraction of sp³-hybridized carbons (Fsp3) is 0.0769. The first-order valence-electron chi connectivity index (χ1n) is 5.36. The average molecular weight is 263 g/mol. The van der Waals surface area contributed by atoms with Crippen LogP contribution in [0.1, 0.15) is 15.9 Å². The van der Waals surface area contributed by atoms with Crippen LogP contribution in [0.4, 0.5) is 0 Å². The standard InChI is InChI=1S/C13H11ClN2O2/c14-10-3-1-9(2-4-10)7-16-13(18)11-8-15-6-5-12(11)17/h1-6,8H,7H2,(H,15,17)(H,16,18). The van der Waals surface area contributed by atoms with E-state index in [1.165, 1.54) is 18.5 Å². The van der Waals surface area contributed by atoms with Crippen molar-refractivity contribution in [3.8, 4) is 0 Å². The molecule has 92 valence electrons. The van der Waals surface area contributed by atoms with Crippen LogP contribution in [-0.2, 0) is 6.54 Å². The smallest absolute Gasteiger partial charge is 0.257 e. The number of carbonyl (C=O) groups is 1. The Morgan fingerprint density at radius 1 is 1.22 bits per heavy atom. The van der Waals surface area contributed by atoms with Gasteiger partial charge >= 0.3 is 0 Å². The number of benzene rings is 1. The molecule has 0 saturated carbocycles. The van der Waals surface area contributed by atoms with Gasteiger partial charge in [0.2, 0.25) is 0 Å². The maximum atomic E-state index is 11.7. The van der Waals surface area contributed by atoms with Gasteiger partial charge in [0.1, 0.15) is 5.56 Å². The van der Waals surface area contributed by atoms with Gasteiger partial charge in [-0.1, -0.05) is 23.7 Å². The summed E-state index contributed by atoms with van der Waals surface area (Å²) < 4.78 is 0. The van der Waals surface area contributed by atoms with E-state index < -0.39 is 5.91 Å². The fourth-order valence-corrected chi connectivity index (χ4v) is 1.60. The molecule has 18 heavy (non-hydrogen) atoms. The molecule has 0 aliphatic carbocycles. The maximum absolute atomic E-state index is 11.7. The topological polar surface area (TPSA) is 62.0 Å². The Labute approximate surface area is 109 Å². The van der Waals surface area contributed by atoms with Crippen molar-refractivity contribution in [2.75, 3.05) is 0 Å². The summed E-state index contributed by atoms with van der Waals surface area (Å²) in [4.78, 5) is 25.9. The first-order chi connectivity index (χ1) is 8.66. The molecule has 0 aliphatic heterocycles. The van der Waals surface area contributed by atoms with Gasteiger partial charge in [0.05, 0.1) is 0 Å². The predicted octanol–water partition coefficient (Wildman–Crippen LogP) is 1.96. The minimum atomic E-state index is -0.396. The number of pyridine rings is 1. The number of H-pyrrole nitrogens is 1. The van der Waals surface area contributed by atoms with E-state index in [0.717, 1.165) is 5.56 Å². The van der Waals surface area contributed by atoms with Crippen LogP contribution < -0.4 is 10.7 Å². The van der Waals surface area contributed by atoms with Crippen LogP contribution in [0, 0.1) is 0 Å². The van der Waals surface area contributed by atoms with E-state index in [9.17, 15) is 9.59 Å². The van der Waals surface area contributed by atoms with Gasteiger partial charge in [0.25, 0.3) is 5.91 Å². The molecule has 0 atom stereocenters. The van der Waals surface area contributed by atoms with Crippen molar-refractivity contribution >= 4 is 17.5 Å². The van der Waals surface area contributed by atoms with Crippen molar-refractivity contribution in [1.82, 2.24) is 10.3 Å². The summed E-state index contributed by atoms with van der Waals surface area (Å²) in [6, 6.07) is 8.45. The first-order valence-corrected chi connectivity index (χ1v) is 5.74. The molecule has 2 aromatic rings. The molecular formula is C13H11ClN2O2. The molecule has 5 heteroatoms. The molecular weight excluding hydrogens is 252 g/mol. The van der Waals surface area contributed by atoms with E-state index in [-0.39, 0.29) is 11.0 Å². The van der Waals surface area contributed by atoms with Crippen molar-refractivity contribution in [1.29, 1.82) is 0 Å². The van der Waals surface area contributed by atoms with Gasteiger partial charge in [-0.15, -0.1) is 0 Å². The lowest BCUT2D eigenvalue weighted by Crippen LogP contribution is -2.27. The second-order valence-corrected chi connectivity index (χ2v) is 4.17. The Balaban J connectivity index is 2.03. The number of amides is 1. The van der Waals surface area contributed by atoms with Crippen molar-refractivity contribution in [2.24, 2.45) is 0 Å². The molecule has 0 spiro atoms. The van der Waals surface area contributed by atoms with Crippen molar-refractivity contribution in [2.45, 2.75) is 6.54 Å². The molecule has 1 amide bonds. The van der Waals surface area contributed by atoms with E-state index in [1.54, 1.807) is 12.1 Å². The predicted molar refractivity (Wildman–Crippen MR) is 69.7 cm³/mol. The average Bonchev–Trinajstić information content (AvgIpc) is 2.38. The molecule has 1 aromatic heterocycles. The van der Waals surface area contributed by atoms with Crippen LogP contribution in [0.15, 0.2) is 47.5 Å². The van der Waals surface area contributed by atoms with E-state index in [0.29, 0.717) is 11.6 Å². The van der Waals surface area contributed by atoms with Crippen LogP contribution in [0.5, 0.6) is 0 Å². The van der Waals surface area contributed by atoms with Crippen LogP contribution >= 0.6 is 11.6 Å². The highest BCUT2D eigenvalue weighted by Gasteiger charge is 2.08. The third-order valence-electron chi connectivity index (χ3n) is 2.44. The van der Waals surface area contributed by atoms with Gasteiger partial charge in [0, 0.05) is 30.0 Å². The Hall–Kier alpha value is -2.07. The Morgan fingerprint density at radius 2 is 1.94 bits per heavy atom. The summed E-state index contributed by atoms with van der Waals surface area (Å²) in [6.07, 6.45) is 2.87. The minimum Gasteiger partial charge on any atom is -0.367 e. The number of aromatic nitrogens is 1. The zero-order valence-electron chi connectivity index (χ0n) is 9.44. The molecule has 0 bridgehead atoms. The Bertz CT molecular complexity index is 605. The van der Waals surface area contributed by atoms with Gasteiger partial charge in [-0.2, -0.15) is 0 Å². The number of hydrogen-bond acceptors (Lipinski definition) is 2. The molecule has 0 unspecified atom stereocenters. The van der Waals surface area contributed by atoms with E-state index in [4.69, 9.17) is 11.6 Å². The quantitative estimate of drug-likeness (QED) is 0.888. The van der Waals surface area contributed by atoms with Crippen LogP contribution in [-0.4, -0.2) is 10.9 Å². The first kappa shape index (κ1) is 12.4. The molecule has 0 saturated heterocycles. The molecule has 1 heterocycles. The summed E-state index contributed by atoms with van der Waals surface area (Å²) in [7, 11) is 0. The van der Waals surface area contributed by atoms with Crippen molar-refractivity contribution in [3.63, 3.8) is 0 Å². The molecule has 2 rings (SSSR count). The van der Waals surface area contributed by atoms with E-state index >= 15 is 0 Å². The normalized spacial score (nSPS) is 10.1. The summed E-state index contributed by atoms with van der Waals surface area (Å²) in [5, 5.41) is 3.32. The number of carbonyl (C=O) groups excluding carboxylic acids is 1. The van der Waals surface area contributed by atoms with Crippen LogP contribution in [0.25, 0.3) is 0 Å². The van der Waals surface area contributed by atoms with Crippen molar-refractivity contribution in [3.05, 3.63) is 69.1 Å². The number of aromatic amines is 1. The highest BCUT2D eigenvalue weighted by Crippen LogP contribution is 2.09. The van der Waals surface area contributed by atoms with Gasteiger partial charge in [-0.3, -0.25) is 9.59 Å². The highest BCUT2D eigenvalue weighted by molar-refractivity contribution is 6.30. The number of halogens is 1. The molecule has 2 N–H and O–H groups in total. The maximum Gasteiger partial charge on any atom is 0.257 e. The number of nitrogens with one attached hydrogen (secondary N) is 2. The van der Waals surface area contributed by atoms with Gasteiger partial charge in [-0.05, 0) is 17.7 Å². The highest BCUT2D eigenvalue weighted by atomic mass is 35.5. The zero-order valence-corrected chi connectivity index (χ0v) is 10.2. The molecule has 0 radical (unpaired) electrons. The lowest BCUT2D eigenvalue weighted by molar-refractivity contribution is 0.0949. The second kappa shape index (κ2) is 5.51. The van der Waals surface area contributed by atoms with Gasteiger partial charge < -0.3 is 10.3 Å². The van der Waals surface area contributed by atoms with Crippen LogP contribution in [0.3, 0.4) is 0 Å². The van der Waals surface area contributed by atoms with E-state index in [2.05, 4.69) is 10.3 Å². The van der Waals surface area contributed by atoms with Gasteiger partial charge in [-0.25, -0.2) is 0 Å². The zero-order chi connectivity index (χ0) is 13.0. The fourth-order valence-electron chi connectivity index (χ4n) is 1.47. The van der Waals surface area contributed by atoms with Gasteiger partial charge in [0.15, 0.2) is 5.43 Å². The Kier molecular flexibility index (Phi) is 3.79. The third-order valence-corrected chi connectivity index (χ3v) is 2.69. The Morgan fingerprint density at radius 3 is 2.61 bits per heavy atom. The summed E-state index contributed by atoms with van der Waals surface area (Å²) in [6.45, 7) is 0.352. The molecule has 4 nitrogen and oxygen atoms in total. The van der Waals surface area contributed by atoms with Crippen molar-refractivity contribution < 1.29 is 4.79 Å². The lowest BCUT2D eigenvalue weighted by atomic mass is 10.2. The molecule has 0 aliphatic rings.